The van der Waals surface area contributed by atoms with Gasteiger partial charge in [-0.2, -0.15) is 0 Å². The quantitative estimate of drug-likeness (QED) is 0.156. The zero-order chi connectivity index (χ0) is 41.6. The molecule has 0 spiro atoms. The molecule has 11 aromatic carbocycles. The summed E-state index contributed by atoms with van der Waals surface area (Å²) in [4.78, 5) is 0. The summed E-state index contributed by atoms with van der Waals surface area (Å²) < 4.78 is 5.41. The molecule has 294 valence electrons. The largest absolute Gasteiger partial charge is 0.135 e. The van der Waals surface area contributed by atoms with E-state index in [9.17, 15) is 0 Å². The Morgan fingerprint density at radius 3 is 1.59 bits per heavy atom. The Morgan fingerprint density at radius 2 is 0.857 bits per heavy atom. The third-order valence-electron chi connectivity index (χ3n) is 14.2. The van der Waals surface area contributed by atoms with E-state index in [2.05, 4.69) is 208 Å². The van der Waals surface area contributed by atoms with Crippen molar-refractivity contribution in [3.8, 4) is 44.5 Å². The summed E-state index contributed by atoms with van der Waals surface area (Å²) in [5.74, 6) is 0. The molecule has 1 aliphatic rings. The monoisotopic (exact) mass is 834 g/mol. The Hall–Kier alpha value is -7.10. The lowest BCUT2D eigenvalue weighted by molar-refractivity contribution is 0.660. The van der Waals surface area contributed by atoms with Crippen molar-refractivity contribution >= 4 is 106 Å². The van der Waals surface area contributed by atoms with E-state index in [0.29, 0.717) is 0 Å². The molecule has 0 atom stereocenters. The normalized spacial score (nSPS) is 13.4. The van der Waals surface area contributed by atoms with Crippen LogP contribution in [0, 0.1) is 0 Å². The molecule has 0 unspecified atom stereocenters. The van der Waals surface area contributed by atoms with Gasteiger partial charge in [-0.1, -0.05) is 166 Å². The molecule has 0 N–H and O–H groups in total. The van der Waals surface area contributed by atoms with Crippen LogP contribution in [0.2, 0.25) is 0 Å². The van der Waals surface area contributed by atoms with Crippen LogP contribution in [0.5, 0.6) is 0 Å². The van der Waals surface area contributed by atoms with Crippen molar-refractivity contribution in [1.29, 1.82) is 0 Å². The summed E-state index contributed by atoms with van der Waals surface area (Å²) >= 11 is 3.83. The van der Waals surface area contributed by atoms with Crippen molar-refractivity contribution in [3.63, 3.8) is 0 Å². The van der Waals surface area contributed by atoms with Crippen molar-refractivity contribution in [1.82, 2.24) is 0 Å². The van der Waals surface area contributed by atoms with Gasteiger partial charge < -0.3 is 0 Å². The third kappa shape index (κ3) is 5.02. The fourth-order valence-electron chi connectivity index (χ4n) is 11.3. The van der Waals surface area contributed by atoms with Crippen LogP contribution in [0.1, 0.15) is 25.0 Å². The molecule has 0 amide bonds. The van der Waals surface area contributed by atoms with E-state index in [0.717, 1.165) is 0 Å². The summed E-state index contributed by atoms with van der Waals surface area (Å²) in [6.45, 7) is 4.81. The first-order valence-corrected chi connectivity index (χ1v) is 23.5. The van der Waals surface area contributed by atoms with Crippen molar-refractivity contribution < 1.29 is 0 Å². The van der Waals surface area contributed by atoms with E-state index in [1.807, 2.05) is 22.7 Å². The van der Waals surface area contributed by atoms with Crippen LogP contribution in [0.3, 0.4) is 0 Å². The van der Waals surface area contributed by atoms with Gasteiger partial charge in [0.2, 0.25) is 0 Å². The molecule has 0 radical (unpaired) electrons. The standard InChI is InChI=1S/C61H38S2/c1-61(2)51-27-24-38(39-22-26-48-55(34-39)62-53-28-29-54-60(59(48)53)50-31-36-13-3-4-14-37(36)33-56(50)63-54)30-49(51)42-25-23-40(32-52(42)61)57-44-17-7-9-19-46(44)58(47-20-10-8-18-45(47)57)43-21-11-15-35-12-5-6-16-41(35)43/h3-34H,1-2H3. The van der Waals surface area contributed by atoms with Gasteiger partial charge in [-0.05, 0) is 141 Å². The summed E-state index contributed by atoms with van der Waals surface area (Å²) in [5, 5.41) is 15.8. The smallest absolute Gasteiger partial charge is 0.0362 e. The summed E-state index contributed by atoms with van der Waals surface area (Å²) in [7, 11) is 0. The number of hydrogen-bond donors (Lipinski definition) is 0. The van der Waals surface area contributed by atoms with E-state index in [1.165, 1.54) is 139 Å². The van der Waals surface area contributed by atoms with Crippen LogP contribution < -0.4 is 0 Å². The predicted molar refractivity (Wildman–Crippen MR) is 276 cm³/mol. The predicted octanol–water partition coefficient (Wildman–Crippen LogP) is 18.3. The molecule has 63 heavy (non-hydrogen) atoms. The second-order valence-electron chi connectivity index (χ2n) is 17.9. The maximum atomic E-state index is 2.50. The van der Waals surface area contributed by atoms with Crippen LogP contribution in [0.15, 0.2) is 194 Å². The lowest BCUT2D eigenvalue weighted by Crippen LogP contribution is -2.15. The first-order chi connectivity index (χ1) is 31.0. The molecule has 2 heteroatoms. The Bertz CT molecular complexity index is 4060. The van der Waals surface area contributed by atoms with Crippen LogP contribution in [0.25, 0.3) is 128 Å². The highest BCUT2D eigenvalue weighted by Gasteiger charge is 2.36. The van der Waals surface area contributed by atoms with Gasteiger partial charge in [-0.3, -0.25) is 0 Å². The third-order valence-corrected chi connectivity index (χ3v) is 16.5. The number of rotatable bonds is 3. The second kappa shape index (κ2) is 13.0. The molecule has 0 saturated carbocycles. The summed E-state index contributed by atoms with van der Waals surface area (Å²) in [6, 6.07) is 73.4. The maximum absolute atomic E-state index is 2.50. The molecular weight excluding hydrogens is 797 g/mol. The topological polar surface area (TPSA) is 0 Å². The van der Waals surface area contributed by atoms with Crippen LogP contribution in [-0.4, -0.2) is 0 Å². The molecule has 2 aromatic heterocycles. The van der Waals surface area contributed by atoms with Gasteiger partial charge in [0.25, 0.3) is 0 Å². The minimum atomic E-state index is -0.150. The fourth-order valence-corrected chi connectivity index (χ4v) is 13.6. The van der Waals surface area contributed by atoms with E-state index in [4.69, 9.17) is 0 Å². The van der Waals surface area contributed by atoms with Gasteiger partial charge >= 0.3 is 0 Å². The molecule has 0 nitrogen and oxygen atoms in total. The maximum Gasteiger partial charge on any atom is 0.0362 e. The number of thiophene rings is 2. The highest BCUT2D eigenvalue weighted by molar-refractivity contribution is 7.28. The molecule has 14 rings (SSSR count). The van der Waals surface area contributed by atoms with E-state index in [1.54, 1.807) is 0 Å². The molecule has 13 aromatic rings. The van der Waals surface area contributed by atoms with Gasteiger partial charge in [0.15, 0.2) is 0 Å². The van der Waals surface area contributed by atoms with Crippen molar-refractivity contribution in [2.24, 2.45) is 0 Å². The molecule has 2 heterocycles. The number of benzene rings is 11. The molecule has 1 aliphatic carbocycles. The van der Waals surface area contributed by atoms with E-state index < -0.39 is 0 Å². The number of fused-ring (bicyclic) bond motifs is 14. The summed E-state index contributed by atoms with van der Waals surface area (Å²) in [6.07, 6.45) is 0. The average Bonchev–Trinajstić information content (AvgIpc) is 3.95. The van der Waals surface area contributed by atoms with Crippen molar-refractivity contribution in [2.45, 2.75) is 19.3 Å². The van der Waals surface area contributed by atoms with Gasteiger partial charge in [-0.25, -0.2) is 0 Å². The van der Waals surface area contributed by atoms with Gasteiger partial charge in [-0.15, -0.1) is 22.7 Å². The SMILES string of the molecule is CC1(C)c2ccc(-c3ccc4c(c3)sc3ccc5sc6cc7ccccc7cc6c5c34)cc2-c2ccc(-c3c4ccccc4c(-c4cccc5ccccc45)c4ccccc34)cc21. The first-order valence-electron chi connectivity index (χ1n) is 21.9. The zero-order valence-electron chi connectivity index (χ0n) is 34.8. The Labute approximate surface area is 372 Å². The van der Waals surface area contributed by atoms with E-state index >= 15 is 0 Å². The highest BCUT2D eigenvalue weighted by Crippen LogP contribution is 2.53. The first kappa shape index (κ1) is 35.5. The Balaban J connectivity index is 0.902. The van der Waals surface area contributed by atoms with Gasteiger partial charge in [0.1, 0.15) is 0 Å². The molecule has 0 saturated heterocycles. The van der Waals surface area contributed by atoms with Crippen LogP contribution >= 0.6 is 22.7 Å². The Morgan fingerprint density at radius 1 is 0.302 bits per heavy atom. The van der Waals surface area contributed by atoms with Crippen LogP contribution in [0.4, 0.5) is 0 Å². The van der Waals surface area contributed by atoms with Crippen molar-refractivity contribution in [3.05, 3.63) is 205 Å². The lowest BCUT2D eigenvalue weighted by atomic mass is 9.80. The summed E-state index contributed by atoms with van der Waals surface area (Å²) in [5.41, 5.74) is 13.0. The van der Waals surface area contributed by atoms with Crippen molar-refractivity contribution in [2.75, 3.05) is 0 Å². The lowest BCUT2D eigenvalue weighted by Gasteiger charge is -2.23. The zero-order valence-corrected chi connectivity index (χ0v) is 36.4. The van der Waals surface area contributed by atoms with Gasteiger partial charge in [0.05, 0.1) is 0 Å². The Kier molecular flexibility index (Phi) is 7.31. The molecule has 0 aliphatic heterocycles. The number of hydrogen-bond acceptors (Lipinski definition) is 2. The molecular formula is C61H38S2. The minimum Gasteiger partial charge on any atom is -0.135 e. The average molecular weight is 835 g/mol. The molecule has 0 fully saturated rings. The molecule has 0 bridgehead atoms. The second-order valence-corrected chi connectivity index (χ2v) is 20.1. The minimum absolute atomic E-state index is 0.150. The van der Waals surface area contributed by atoms with Crippen LogP contribution in [-0.2, 0) is 5.41 Å². The fraction of sp³-hybridized carbons (Fsp3) is 0.0492. The van der Waals surface area contributed by atoms with E-state index in [-0.39, 0.29) is 5.41 Å². The highest BCUT2D eigenvalue weighted by atomic mass is 32.1. The van der Waals surface area contributed by atoms with Gasteiger partial charge in [0, 0.05) is 45.8 Å².